The number of H-pyrrole nitrogens is 1. The number of amides is 1. The van der Waals surface area contributed by atoms with Gasteiger partial charge in [0, 0.05) is 5.69 Å². The molecule has 1 amide bonds. The fraction of sp³-hybridized carbons (Fsp3) is 0.200. The summed E-state index contributed by atoms with van der Waals surface area (Å²) >= 11 is 0. The largest absolute Gasteiger partial charge is 0.491 e. The third kappa shape index (κ3) is 4.47. The first-order valence-electron chi connectivity index (χ1n) is 8.31. The number of nitrogens with one attached hydrogen (secondary N) is 2. The molecule has 25 heavy (non-hydrogen) atoms. The third-order valence-corrected chi connectivity index (χ3v) is 3.92. The van der Waals surface area contributed by atoms with Gasteiger partial charge in [-0.3, -0.25) is 9.89 Å². The summed E-state index contributed by atoms with van der Waals surface area (Å²) in [6, 6.07) is 17.8. The molecule has 128 valence electrons. The fourth-order valence-corrected chi connectivity index (χ4v) is 2.57. The van der Waals surface area contributed by atoms with Gasteiger partial charge in [-0.1, -0.05) is 42.5 Å². The van der Waals surface area contributed by atoms with E-state index in [1.54, 1.807) is 0 Å². The first kappa shape index (κ1) is 16.8. The van der Waals surface area contributed by atoms with Gasteiger partial charge in [0.2, 0.25) is 0 Å². The van der Waals surface area contributed by atoms with Crippen molar-refractivity contribution in [3.05, 3.63) is 77.6 Å². The van der Waals surface area contributed by atoms with Crippen LogP contribution in [0.1, 0.15) is 28.0 Å². The van der Waals surface area contributed by atoms with E-state index in [4.69, 9.17) is 4.74 Å². The van der Waals surface area contributed by atoms with Crippen molar-refractivity contribution in [1.29, 1.82) is 0 Å². The molecule has 3 rings (SSSR count). The molecule has 3 aromatic rings. The molecule has 0 atom stereocenters. The third-order valence-electron chi connectivity index (χ3n) is 3.92. The highest BCUT2D eigenvalue weighted by atomic mass is 16.5. The van der Waals surface area contributed by atoms with Gasteiger partial charge in [0.25, 0.3) is 5.91 Å². The lowest BCUT2D eigenvalue weighted by molar-refractivity contribution is 0.102. The maximum absolute atomic E-state index is 12.3. The first-order chi connectivity index (χ1) is 12.2. The van der Waals surface area contributed by atoms with Gasteiger partial charge in [-0.2, -0.15) is 5.10 Å². The summed E-state index contributed by atoms with van der Waals surface area (Å²) in [5.74, 6) is 0.469. The fourth-order valence-electron chi connectivity index (χ4n) is 2.57. The van der Waals surface area contributed by atoms with Crippen LogP contribution in [0.2, 0.25) is 0 Å². The van der Waals surface area contributed by atoms with Crippen LogP contribution in [0.3, 0.4) is 0 Å². The zero-order valence-electron chi connectivity index (χ0n) is 14.2. The number of hydrogen-bond donors (Lipinski definition) is 2. The van der Waals surface area contributed by atoms with Gasteiger partial charge in [0.1, 0.15) is 5.75 Å². The second-order valence-corrected chi connectivity index (χ2v) is 5.80. The van der Waals surface area contributed by atoms with E-state index in [0.717, 1.165) is 18.5 Å². The molecule has 1 aromatic heterocycles. The van der Waals surface area contributed by atoms with Crippen LogP contribution in [0.25, 0.3) is 0 Å². The Balaban J connectivity index is 1.57. The van der Waals surface area contributed by atoms with E-state index < -0.39 is 0 Å². The van der Waals surface area contributed by atoms with Crippen LogP contribution in [-0.2, 0) is 6.42 Å². The van der Waals surface area contributed by atoms with Crippen molar-refractivity contribution in [2.75, 3.05) is 11.9 Å². The number of carbonyl (C=O) groups is 1. The average Bonchev–Trinajstić information content (AvgIpc) is 3.07. The molecule has 0 aliphatic rings. The number of aromatic nitrogens is 2. The number of rotatable bonds is 7. The van der Waals surface area contributed by atoms with Crippen molar-refractivity contribution in [2.24, 2.45) is 0 Å². The number of carbonyl (C=O) groups excluding carboxylic acids is 1. The molecule has 0 spiro atoms. The summed E-state index contributed by atoms with van der Waals surface area (Å²) in [6.07, 6.45) is 3.39. The summed E-state index contributed by atoms with van der Waals surface area (Å²) in [7, 11) is 0. The van der Waals surface area contributed by atoms with Gasteiger partial charge < -0.3 is 10.1 Å². The number of anilines is 1. The van der Waals surface area contributed by atoms with Crippen LogP contribution in [0.4, 0.5) is 5.69 Å². The predicted molar refractivity (Wildman–Crippen MR) is 98.0 cm³/mol. The standard InChI is InChI=1S/C20H21N3O2/c1-15-17(14-21-23-15)20(24)22-18-11-5-6-12-19(18)25-13-7-10-16-8-3-2-4-9-16/h2-6,8-9,11-12,14H,7,10,13H2,1H3,(H,21,23)(H,22,24). The summed E-state index contributed by atoms with van der Waals surface area (Å²) in [5.41, 5.74) is 3.22. The van der Waals surface area contributed by atoms with E-state index in [2.05, 4.69) is 27.6 Å². The zero-order valence-corrected chi connectivity index (χ0v) is 14.2. The van der Waals surface area contributed by atoms with Crippen molar-refractivity contribution < 1.29 is 9.53 Å². The summed E-state index contributed by atoms with van der Waals surface area (Å²) in [4.78, 5) is 12.3. The molecule has 0 fully saturated rings. The minimum atomic E-state index is -0.202. The molecule has 0 aliphatic carbocycles. The second kappa shape index (κ2) is 8.15. The minimum Gasteiger partial charge on any atom is -0.491 e. The lowest BCUT2D eigenvalue weighted by atomic mass is 10.1. The van der Waals surface area contributed by atoms with Crippen molar-refractivity contribution in [3.8, 4) is 5.75 Å². The second-order valence-electron chi connectivity index (χ2n) is 5.80. The van der Waals surface area contributed by atoms with E-state index in [9.17, 15) is 4.79 Å². The molecular weight excluding hydrogens is 314 g/mol. The van der Waals surface area contributed by atoms with Crippen LogP contribution >= 0.6 is 0 Å². The van der Waals surface area contributed by atoms with Crippen LogP contribution in [0.5, 0.6) is 5.75 Å². The van der Waals surface area contributed by atoms with Crippen molar-refractivity contribution in [1.82, 2.24) is 10.2 Å². The molecule has 5 nitrogen and oxygen atoms in total. The summed E-state index contributed by atoms with van der Waals surface area (Å²) in [5, 5.41) is 9.53. The number of nitrogens with zero attached hydrogens (tertiary/aromatic N) is 1. The Bertz CT molecular complexity index is 828. The van der Waals surface area contributed by atoms with Gasteiger partial charge in [-0.25, -0.2) is 0 Å². The van der Waals surface area contributed by atoms with E-state index >= 15 is 0 Å². The lowest BCUT2D eigenvalue weighted by Crippen LogP contribution is -2.13. The Hall–Kier alpha value is -3.08. The first-order valence-corrected chi connectivity index (χ1v) is 8.31. The molecule has 0 saturated carbocycles. The zero-order chi connectivity index (χ0) is 17.5. The SMILES string of the molecule is Cc1[nH]ncc1C(=O)Nc1ccccc1OCCCc1ccccc1. The quantitative estimate of drug-likeness (QED) is 0.642. The molecular formula is C20H21N3O2. The molecule has 0 radical (unpaired) electrons. The highest BCUT2D eigenvalue weighted by Crippen LogP contribution is 2.25. The van der Waals surface area contributed by atoms with E-state index in [-0.39, 0.29) is 5.91 Å². The number of hydrogen-bond acceptors (Lipinski definition) is 3. The van der Waals surface area contributed by atoms with Gasteiger partial charge in [0.15, 0.2) is 0 Å². The average molecular weight is 335 g/mol. The van der Waals surface area contributed by atoms with Gasteiger partial charge in [-0.05, 0) is 37.5 Å². The molecule has 2 N–H and O–H groups in total. The Labute approximate surface area is 147 Å². The highest BCUT2D eigenvalue weighted by Gasteiger charge is 2.13. The van der Waals surface area contributed by atoms with Crippen LogP contribution < -0.4 is 10.1 Å². The molecule has 0 unspecified atom stereocenters. The number of benzene rings is 2. The Morgan fingerprint density at radius 1 is 1.12 bits per heavy atom. The van der Waals surface area contributed by atoms with Crippen LogP contribution in [-0.4, -0.2) is 22.7 Å². The molecule has 5 heteroatoms. The van der Waals surface area contributed by atoms with Gasteiger partial charge in [0.05, 0.1) is 24.1 Å². The Morgan fingerprint density at radius 2 is 1.88 bits per heavy atom. The van der Waals surface area contributed by atoms with Crippen molar-refractivity contribution >= 4 is 11.6 Å². The molecule has 0 saturated heterocycles. The summed E-state index contributed by atoms with van der Waals surface area (Å²) < 4.78 is 5.87. The molecule has 1 heterocycles. The molecule has 2 aromatic carbocycles. The van der Waals surface area contributed by atoms with Crippen LogP contribution in [0.15, 0.2) is 60.8 Å². The number of aromatic amines is 1. The maximum atomic E-state index is 12.3. The van der Waals surface area contributed by atoms with Crippen molar-refractivity contribution in [2.45, 2.75) is 19.8 Å². The van der Waals surface area contributed by atoms with Crippen molar-refractivity contribution in [3.63, 3.8) is 0 Å². The predicted octanol–water partition coefficient (Wildman–Crippen LogP) is 3.98. The molecule has 0 bridgehead atoms. The highest BCUT2D eigenvalue weighted by molar-refractivity contribution is 6.05. The van der Waals surface area contributed by atoms with Gasteiger partial charge >= 0.3 is 0 Å². The van der Waals surface area contributed by atoms with E-state index in [0.29, 0.717) is 23.6 Å². The molecule has 0 aliphatic heterocycles. The lowest BCUT2D eigenvalue weighted by Gasteiger charge is -2.12. The van der Waals surface area contributed by atoms with Gasteiger partial charge in [-0.15, -0.1) is 0 Å². The van der Waals surface area contributed by atoms with E-state index in [1.165, 1.54) is 11.8 Å². The topological polar surface area (TPSA) is 67.0 Å². The summed E-state index contributed by atoms with van der Waals surface area (Å²) in [6.45, 7) is 2.40. The Morgan fingerprint density at radius 3 is 2.64 bits per heavy atom. The number of aryl methyl sites for hydroxylation is 2. The number of ether oxygens (including phenoxy) is 1. The Kier molecular flexibility index (Phi) is 5.46. The minimum absolute atomic E-state index is 0.202. The maximum Gasteiger partial charge on any atom is 0.259 e. The normalized spacial score (nSPS) is 10.4. The monoisotopic (exact) mass is 335 g/mol. The van der Waals surface area contributed by atoms with E-state index in [1.807, 2.05) is 49.4 Å². The smallest absolute Gasteiger partial charge is 0.259 e. The van der Waals surface area contributed by atoms with Crippen LogP contribution in [0, 0.1) is 6.92 Å². The number of para-hydroxylation sites is 2.